The smallest absolute Gasteiger partial charge is 0.143 e. The quantitative estimate of drug-likeness (QED) is 0.177. The molecule has 162 valence electrons. The van der Waals surface area contributed by atoms with Gasteiger partial charge in [-0.2, -0.15) is 0 Å². The largest absolute Gasteiger partial charge is 0.455 e. The van der Waals surface area contributed by atoms with Crippen LogP contribution in [0.2, 0.25) is 0 Å². The Morgan fingerprint density at radius 2 is 1.31 bits per heavy atom. The van der Waals surface area contributed by atoms with Gasteiger partial charge in [-0.3, -0.25) is 0 Å². The predicted octanol–water partition coefficient (Wildman–Crippen LogP) is 9.87. The number of fused-ring (bicyclic) bond motifs is 9. The maximum atomic E-state index is 9.43. The molecule has 0 unspecified atom stereocenters. The Hall–Kier alpha value is -4.62. The summed E-state index contributed by atoms with van der Waals surface area (Å²) in [5, 5.41) is 2.17. The molecule has 1 heterocycles. The molecule has 1 heteroatoms. The molecule has 0 amide bonds. The fraction of sp³-hybridized carbons (Fsp3) is 0. The van der Waals surface area contributed by atoms with Crippen molar-refractivity contribution in [2.45, 2.75) is 0 Å². The predicted molar refractivity (Wildman–Crippen MR) is 149 cm³/mol. The maximum absolute atomic E-state index is 9.43. The molecule has 0 aliphatic rings. The lowest BCUT2D eigenvalue weighted by Gasteiger charge is -2.11. The fourth-order valence-corrected chi connectivity index (χ4v) is 4.96. The number of hydrogen-bond donors (Lipinski definition) is 0. The van der Waals surface area contributed by atoms with Crippen molar-refractivity contribution in [1.29, 1.82) is 0 Å². The van der Waals surface area contributed by atoms with Crippen molar-refractivity contribution in [3.63, 3.8) is 0 Å². The number of rotatable bonds is 1. The van der Waals surface area contributed by atoms with E-state index < -0.39 is 54.4 Å². The summed E-state index contributed by atoms with van der Waals surface area (Å²) in [6, 6.07) is 11.4. The Balaban J connectivity index is 1.64. The monoisotopic (exact) mass is 455 g/mol. The van der Waals surface area contributed by atoms with E-state index in [0.29, 0.717) is 22.1 Å². The standard InChI is InChI=1S/C34H20O/c1-3-10-25-21(7-1)15-16-24-20-31-23(19-30(24)25)9-5-12-27(31)28-13-6-14-32-33(28)29-18-17-22-8-2-4-11-26(22)34(29)35-32/h1-20H/i1D,3D,5D,7D,9D,10D,12D,15D,16D,19D,20D. The van der Waals surface area contributed by atoms with Gasteiger partial charge in [0.15, 0.2) is 0 Å². The van der Waals surface area contributed by atoms with Crippen LogP contribution in [0.3, 0.4) is 0 Å². The minimum atomic E-state index is -0.595. The van der Waals surface area contributed by atoms with Crippen molar-refractivity contribution < 1.29 is 19.5 Å². The molecule has 1 nitrogen and oxygen atoms in total. The van der Waals surface area contributed by atoms with Crippen molar-refractivity contribution in [2.75, 3.05) is 0 Å². The highest BCUT2D eigenvalue weighted by Gasteiger charge is 2.16. The summed E-state index contributed by atoms with van der Waals surface area (Å²) >= 11 is 0. The third-order valence-corrected chi connectivity index (χ3v) is 6.53. The number of hydrogen-bond acceptors (Lipinski definition) is 1. The van der Waals surface area contributed by atoms with Crippen LogP contribution >= 0.6 is 0 Å². The van der Waals surface area contributed by atoms with Crippen LogP contribution in [0, 0.1) is 0 Å². The van der Waals surface area contributed by atoms with Gasteiger partial charge in [0.05, 0.1) is 15.1 Å². The highest BCUT2D eigenvalue weighted by molar-refractivity contribution is 6.21. The second kappa shape index (κ2) is 6.94. The topological polar surface area (TPSA) is 13.1 Å². The first-order chi connectivity index (χ1) is 22.0. The molecule has 0 radical (unpaired) electrons. The van der Waals surface area contributed by atoms with Gasteiger partial charge in [-0.1, -0.05) is 96.8 Å². The Kier molecular flexibility index (Phi) is 2.22. The highest BCUT2D eigenvalue weighted by Crippen LogP contribution is 2.42. The van der Waals surface area contributed by atoms with Crippen LogP contribution in [0.5, 0.6) is 0 Å². The van der Waals surface area contributed by atoms with Gasteiger partial charge in [0.25, 0.3) is 0 Å². The van der Waals surface area contributed by atoms with E-state index in [4.69, 9.17) is 16.8 Å². The Morgan fingerprint density at radius 3 is 2.31 bits per heavy atom. The Bertz CT molecular complexity index is 2710. The summed E-state index contributed by atoms with van der Waals surface area (Å²) in [6.07, 6.45) is 0. The molecule has 8 rings (SSSR count). The van der Waals surface area contributed by atoms with E-state index in [-0.39, 0.29) is 50.0 Å². The molecule has 1 aromatic heterocycles. The van der Waals surface area contributed by atoms with E-state index in [1.807, 2.05) is 36.4 Å². The van der Waals surface area contributed by atoms with Crippen molar-refractivity contribution in [3.05, 3.63) is 121 Å². The molecular weight excluding hydrogens is 424 g/mol. The zero-order valence-electron chi connectivity index (χ0n) is 29.1. The van der Waals surface area contributed by atoms with E-state index in [1.54, 1.807) is 18.2 Å². The molecule has 7 aromatic carbocycles. The molecular formula is C34H20O. The van der Waals surface area contributed by atoms with Crippen LogP contribution in [-0.2, 0) is 0 Å². The minimum absolute atomic E-state index is 0.0285. The highest BCUT2D eigenvalue weighted by atomic mass is 16.3. The van der Waals surface area contributed by atoms with Crippen molar-refractivity contribution in [3.8, 4) is 11.1 Å². The molecule has 0 saturated carbocycles. The second-order valence-electron chi connectivity index (χ2n) is 8.44. The maximum Gasteiger partial charge on any atom is 0.143 e. The Labute approximate surface area is 217 Å². The van der Waals surface area contributed by atoms with Gasteiger partial charge in [0.1, 0.15) is 11.2 Å². The molecule has 0 atom stereocenters. The van der Waals surface area contributed by atoms with Crippen LogP contribution in [0.25, 0.3) is 76.2 Å². The average Bonchev–Trinajstić information content (AvgIpc) is 3.45. The number of furan rings is 1. The third-order valence-electron chi connectivity index (χ3n) is 6.53. The first kappa shape index (κ1) is 11.2. The molecule has 0 aliphatic heterocycles. The normalized spacial score (nSPS) is 16.4. The van der Waals surface area contributed by atoms with Gasteiger partial charge in [0.2, 0.25) is 0 Å². The van der Waals surface area contributed by atoms with Crippen LogP contribution < -0.4 is 0 Å². The molecule has 35 heavy (non-hydrogen) atoms. The lowest BCUT2D eigenvalue weighted by Crippen LogP contribution is -1.85. The average molecular weight is 456 g/mol. The van der Waals surface area contributed by atoms with E-state index >= 15 is 0 Å². The molecule has 8 aromatic rings. The molecule has 0 N–H and O–H groups in total. The minimum Gasteiger partial charge on any atom is -0.455 e. The zero-order valence-corrected chi connectivity index (χ0v) is 18.1. The van der Waals surface area contributed by atoms with Crippen LogP contribution in [0.15, 0.2) is 125 Å². The summed E-state index contributed by atoms with van der Waals surface area (Å²) in [6.45, 7) is 0. The first-order valence-corrected chi connectivity index (χ1v) is 11.1. The van der Waals surface area contributed by atoms with E-state index in [9.17, 15) is 2.74 Å². The second-order valence-corrected chi connectivity index (χ2v) is 8.44. The van der Waals surface area contributed by atoms with Gasteiger partial charge >= 0.3 is 0 Å². The van der Waals surface area contributed by atoms with Gasteiger partial charge < -0.3 is 4.42 Å². The lowest BCUT2D eigenvalue weighted by atomic mass is 9.91. The molecule has 0 aliphatic carbocycles. The number of benzene rings is 7. The third kappa shape index (κ3) is 2.64. The SMILES string of the molecule is [2H]c1c([2H])c(-c2cccc3oc4c5ccccc5ccc4c23)c2c([2H])c3c([2H])c([2H])c4c([2H])c([2H])c([2H])c([2H])c4c3c([2H])c2c1[2H]. The fourth-order valence-electron chi connectivity index (χ4n) is 4.96. The summed E-state index contributed by atoms with van der Waals surface area (Å²) in [7, 11) is 0. The molecule has 0 spiro atoms. The van der Waals surface area contributed by atoms with Crippen molar-refractivity contribution in [1.82, 2.24) is 0 Å². The summed E-state index contributed by atoms with van der Waals surface area (Å²) in [4.78, 5) is 0. The van der Waals surface area contributed by atoms with Crippen LogP contribution in [0.1, 0.15) is 15.1 Å². The summed E-state index contributed by atoms with van der Waals surface area (Å²) in [5.41, 5.74) is 1.64. The van der Waals surface area contributed by atoms with E-state index in [0.717, 1.165) is 16.2 Å². The molecule has 0 bridgehead atoms. The summed E-state index contributed by atoms with van der Waals surface area (Å²) < 4.78 is 103. The Morgan fingerprint density at radius 1 is 0.486 bits per heavy atom. The van der Waals surface area contributed by atoms with E-state index in [2.05, 4.69) is 0 Å². The van der Waals surface area contributed by atoms with Gasteiger partial charge in [-0.15, -0.1) is 0 Å². The van der Waals surface area contributed by atoms with Gasteiger partial charge in [-0.25, -0.2) is 0 Å². The van der Waals surface area contributed by atoms with Gasteiger partial charge in [-0.05, 0) is 73.0 Å². The zero-order chi connectivity index (χ0) is 32.5. The molecule has 0 fully saturated rings. The molecule has 0 saturated heterocycles. The van der Waals surface area contributed by atoms with E-state index in [1.165, 1.54) is 0 Å². The lowest BCUT2D eigenvalue weighted by molar-refractivity contribution is 0.673. The summed E-state index contributed by atoms with van der Waals surface area (Å²) in [5.74, 6) is 0. The van der Waals surface area contributed by atoms with Crippen molar-refractivity contribution in [2.24, 2.45) is 0 Å². The van der Waals surface area contributed by atoms with Crippen LogP contribution in [0.4, 0.5) is 0 Å². The van der Waals surface area contributed by atoms with Crippen molar-refractivity contribution >= 4 is 65.0 Å². The van der Waals surface area contributed by atoms with Gasteiger partial charge in [0, 0.05) is 16.2 Å². The van der Waals surface area contributed by atoms with Crippen LogP contribution in [-0.4, -0.2) is 0 Å². The first-order valence-electron chi connectivity index (χ1n) is 16.6.